The van der Waals surface area contributed by atoms with Crippen LogP contribution in [0.15, 0.2) is 48.5 Å². The second-order valence-corrected chi connectivity index (χ2v) is 7.06. The fourth-order valence-electron chi connectivity index (χ4n) is 2.50. The van der Waals surface area contributed by atoms with Crippen molar-refractivity contribution in [3.8, 4) is 5.75 Å². The van der Waals surface area contributed by atoms with Crippen molar-refractivity contribution in [3.63, 3.8) is 0 Å². The number of aliphatic hydroxyl groups excluding tert-OH is 1. The maximum atomic E-state index is 10.5. The second kappa shape index (κ2) is 10.1. The topological polar surface area (TPSA) is 66.8 Å². The number of hydrogen-bond acceptors (Lipinski definition) is 4. The average Bonchev–Trinajstić information content (AvgIpc) is 2.59. The first kappa shape index (κ1) is 19.3. The molecule has 0 saturated carbocycles. The zero-order valence-corrected chi connectivity index (χ0v) is 15.2. The SMILES string of the molecule is Cc1cccc(CC(O)CSCCC(=O)O)c1OCc1ccccc1. The Morgan fingerprint density at radius 3 is 2.64 bits per heavy atom. The lowest BCUT2D eigenvalue weighted by molar-refractivity contribution is -0.136. The molecule has 2 rings (SSSR count). The molecule has 0 amide bonds. The minimum Gasteiger partial charge on any atom is -0.488 e. The lowest BCUT2D eigenvalue weighted by Crippen LogP contribution is -2.15. The lowest BCUT2D eigenvalue weighted by atomic mass is 10.0. The summed E-state index contributed by atoms with van der Waals surface area (Å²) in [5, 5.41) is 18.9. The highest BCUT2D eigenvalue weighted by Gasteiger charge is 2.13. The van der Waals surface area contributed by atoms with E-state index in [1.807, 2.05) is 55.5 Å². The molecule has 2 aromatic rings. The van der Waals surface area contributed by atoms with Gasteiger partial charge in [-0.05, 0) is 23.6 Å². The molecular weight excluding hydrogens is 336 g/mol. The Morgan fingerprint density at radius 1 is 1.16 bits per heavy atom. The van der Waals surface area contributed by atoms with Crippen LogP contribution in [0.3, 0.4) is 0 Å². The minimum atomic E-state index is -0.808. The highest BCUT2D eigenvalue weighted by atomic mass is 32.2. The lowest BCUT2D eigenvalue weighted by Gasteiger charge is -2.17. The number of para-hydroxylation sites is 1. The largest absolute Gasteiger partial charge is 0.488 e. The molecule has 25 heavy (non-hydrogen) atoms. The van der Waals surface area contributed by atoms with E-state index in [0.717, 1.165) is 22.4 Å². The Morgan fingerprint density at radius 2 is 1.92 bits per heavy atom. The Kier molecular flexibility index (Phi) is 7.82. The van der Waals surface area contributed by atoms with Crippen molar-refractivity contribution in [2.24, 2.45) is 0 Å². The van der Waals surface area contributed by atoms with Crippen LogP contribution in [0, 0.1) is 6.92 Å². The van der Waals surface area contributed by atoms with Crippen LogP contribution in [-0.4, -0.2) is 33.8 Å². The molecule has 4 nitrogen and oxygen atoms in total. The summed E-state index contributed by atoms with van der Waals surface area (Å²) < 4.78 is 6.02. The van der Waals surface area contributed by atoms with Gasteiger partial charge in [-0.25, -0.2) is 0 Å². The molecule has 134 valence electrons. The maximum Gasteiger partial charge on any atom is 0.304 e. The molecule has 1 atom stereocenters. The van der Waals surface area contributed by atoms with Crippen LogP contribution in [0.1, 0.15) is 23.1 Å². The zero-order chi connectivity index (χ0) is 18.1. The predicted molar refractivity (Wildman–Crippen MR) is 101 cm³/mol. The number of carbonyl (C=O) groups is 1. The summed E-state index contributed by atoms with van der Waals surface area (Å²) in [7, 11) is 0. The smallest absolute Gasteiger partial charge is 0.304 e. The first-order valence-electron chi connectivity index (χ1n) is 8.29. The number of ether oxygens (including phenoxy) is 1. The van der Waals surface area contributed by atoms with E-state index >= 15 is 0 Å². The van der Waals surface area contributed by atoms with Crippen LogP contribution in [0.25, 0.3) is 0 Å². The van der Waals surface area contributed by atoms with E-state index in [-0.39, 0.29) is 6.42 Å². The van der Waals surface area contributed by atoms with Crippen molar-refractivity contribution in [2.45, 2.75) is 32.5 Å². The Hall–Kier alpha value is -1.98. The molecule has 0 aliphatic rings. The van der Waals surface area contributed by atoms with Gasteiger partial charge < -0.3 is 14.9 Å². The van der Waals surface area contributed by atoms with Crippen molar-refractivity contribution in [3.05, 3.63) is 65.2 Å². The molecule has 0 radical (unpaired) electrons. The third kappa shape index (κ3) is 6.80. The molecule has 0 fully saturated rings. The third-order valence-corrected chi connectivity index (χ3v) is 4.86. The summed E-state index contributed by atoms with van der Waals surface area (Å²) in [6.45, 7) is 2.49. The van der Waals surface area contributed by atoms with Gasteiger partial charge >= 0.3 is 5.97 Å². The summed E-state index contributed by atoms with van der Waals surface area (Å²) >= 11 is 1.46. The van der Waals surface area contributed by atoms with Crippen molar-refractivity contribution in [1.82, 2.24) is 0 Å². The fourth-order valence-corrected chi connectivity index (χ4v) is 3.38. The highest BCUT2D eigenvalue weighted by molar-refractivity contribution is 7.99. The second-order valence-electron chi connectivity index (χ2n) is 5.91. The quantitative estimate of drug-likeness (QED) is 0.633. The van der Waals surface area contributed by atoms with Crippen molar-refractivity contribution >= 4 is 17.7 Å². The number of hydrogen-bond donors (Lipinski definition) is 2. The molecule has 2 N–H and O–H groups in total. The molecule has 0 heterocycles. The maximum absolute atomic E-state index is 10.5. The molecule has 0 aromatic heterocycles. The van der Waals surface area contributed by atoms with Gasteiger partial charge in [-0.15, -0.1) is 0 Å². The summed E-state index contributed by atoms with van der Waals surface area (Å²) in [6, 6.07) is 15.9. The Balaban J connectivity index is 1.93. The van der Waals surface area contributed by atoms with Gasteiger partial charge in [-0.2, -0.15) is 11.8 Å². The van der Waals surface area contributed by atoms with Gasteiger partial charge in [0.1, 0.15) is 12.4 Å². The summed E-state index contributed by atoms with van der Waals surface area (Å²) in [6.07, 6.45) is 0.0822. The van der Waals surface area contributed by atoms with Crippen LogP contribution in [0.5, 0.6) is 5.75 Å². The van der Waals surface area contributed by atoms with Crippen LogP contribution < -0.4 is 4.74 Å². The summed E-state index contributed by atoms with van der Waals surface area (Å²) in [5.41, 5.74) is 3.11. The van der Waals surface area contributed by atoms with E-state index in [4.69, 9.17) is 9.84 Å². The molecule has 0 bridgehead atoms. The van der Waals surface area contributed by atoms with Gasteiger partial charge in [0.05, 0.1) is 12.5 Å². The minimum absolute atomic E-state index is 0.118. The molecule has 2 aromatic carbocycles. The zero-order valence-electron chi connectivity index (χ0n) is 14.4. The Labute approximate surface area is 152 Å². The van der Waals surface area contributed by atoms with Gasteiger partial charge in [-0.3, -0.25) is 4.79 Å². The van der Waals surface area contributed by atoms with Crippen LogP contribution in [0.4, 0.5) is 0 Å². The van der Waals surface area contributed by atoms with E-state index < -0.39 is 12.1 Å². The fraction of sp³-hybridized carbons (Fsp3) is 0.350. The normalized spacial score (nSPS) is 11.9. The van der Waals surface area contributed by atoms with Crippen molar-refractivity contribution < 1.29 is 19.7 Å². The summed E-state index contributed by atoms with van der Waals surface area (Å²) in [4.78, 5) is 10.5. The van der Waals surface area contributed by atoms with Crippen molar-refractivity contribution in [1.29, 1.82) is 0 Å². The molecule has 0 aliphatic heterocycles. The highest BCUT2D eigenvalue weighted by Crippen LogP contribution is 2.26. The third-order valence-electron chi connectivity index (χ3n) is 3.75. The van der Waals surface area contributed by atoms with Gasteiger partial charge in [0.15, 0.2) is 0 Å². The molecule has 0 saturated heterocycles. The number of aliphatic carboxylic acids is 1. The van der Waals surface area contributed by atoms with Crippen LogP contribution in [-0.2, 0) is 17.8 Å². The van der Waals surface area contributed by atoms with Gasteiger partial charge in [-0.1, -0.05) is 48.5 Å². The monoisotopic (exact) mass is 360 g/mol. The first-order valence-corrected chi connectivity index (χ1v) is 9.44. The Bertz CT molecular complexity index is 673. The number of aryl methyl sites for hydroxylation is 1. The van der Waals surface area contributed by atoms with E-state index in [1.165, 1.54) is 11.8 Å². The number of aliphatic hydroxyl groups is 1. The standard InChI is InChI=1S/C20H24O4S/c1-15-6-5-9-17(12-18(21)14-25-11-10-19(22)23)20(15)24-13-16-7-3-2-4-8-16/h2-9,18,21H,10-14H2,1H3,(H,22,23). The van der Waals surface area contributed by atoms with Gasteiger partial charge in [0, 0.05) is 17.9 Å². The molecule has 5 heteroatoms. The number of carboxylic acid groups (broad SMARTS) is 1. The molecular formula is C20H24O4S. The van der Waals surface area contributed by atoms with E-state index in [0.29, 0.717) is 24.5 Å². The first-order chi connectivity index (χ1) is 12.1. The van der Waals surface area contributed by atoms with E-state index in [1.54, 1.807) is 0 Å². The van der Waals surface area contributed by atoms with Crippen LogP contribution in [0.2, 0.25) is 0 Å². The van der Waals surface area contributed by atoms with E-state index in [2.05, 4.69) is 0 Å². The summed E-state index contributed by atoms with van der Waals surface area (Å²) in [5.74, 6) is 1.04. The molecule has 1 unspecified atom stereocenters. The average molecular weight is 360 g/mol. The van der Waals surface area contributed by atoms with Crippen molar-refractivity contribution in [2.75, 3.05) is 11.5 Å². The van der Waals surface area contributed by atoms with Crippen LogP contribution >= 0.6 is 11.8 Å². The van der Waals surface area contributed by atoms with Gasteiger partial charge in [0.25, 0.3) is 0 Å². The predicted octanol–water partition coefficient (Wildman–Crippen LogP) is 3.69. The van der Waals surface area contributed by atoms with Gasteiger partial charge in [0.2, 0.25) is 0 Å². The number of rotatable bonds is 10. The van der Waals surface area contributed by atoms with E-state index in [9.17, 15) is 9.90 Å². The number of carboxylic acids is 1. The number of benzene rings is 2. The number of thioether (sulfide) groups is 1. The molecule has 0 aliphatic carbocycles. The molecule has 0 spiro atoms.